The number of carbonyl (C=O) groups excluding carboxylic acids is 1. The summed E-state index contributed by atoms with van der Waals surface area (Å²) in [6.07, 6.45) is -2.55. The second kappa shape index (κ2) is 10.0. The van der Waals surface area contributed by atoms with Crippen LogP contribution in [0.15, 0.2) is 54.6 Å². The lowest BCUT2D eigenvalue weighted by Crippen LogP contribution is -2.40. The fraction of sp³-hybridized carbons (Fsp3) is 0.308. The first-order valence-corrected chi connectivity index (χ1v) is 11.3. The van der Waals surface area contributed by atoms with E-state index in [4.69, 9.17) is 0 Å². The molecule has 1 fully saturated rings. The normalized spacial score (nSPS) is 15.5. The second-order valence-corrected chi connectivity index (χ2v) is 8.66. The number of amides is 1. The van der Waals surface area contributed by atoms with E-state index >= 15 is 0 Å². The smallest absolute Gasteiger partial charge is 0.393 e. The minimum atomic E-state index is -4.45. The Labute approximate surface area is 200 Å². The molecular formula is C26H25F4N3O2. The van der Waals surface area contributed by atoms with Gasteiger partial charge in [-0.25, -0.2) is 4.39 Å². The van der Waals surface area contributed by atoms with Crippen molar-refractivity contribution in [1.29, 1.82) is 0 Å². The topological polar surface area (TPSA) is 58.4 Å². The van der Waals surface area contributed by atoms with Crippen molar-refractivity contribution < 1.29 is 27.5 Å². The van der Waals surface area contributed by atoms with Crippen LogP contribution in [-0.4, -0.2) is 44.9 Å². The molecule has 0 atom stereocenters. The Morgan fingerprint density at radius 1 is 1.11 bits per heavy atom. The fourth-order valence-electron chi connectivity index (χ4n) is 4.00. The average molecular weight is 487 g/mol. The first-order valence-electron chi connectivity index (χ1n) is 11.3. The van der Waals surface area contributed by atoms with Crippen LogP contribution >= 0.6 is 0 Å². The van der Waals surface area contributed by atoms with Gasteiger partial charge in [-0.05, 0) is 67.3 Å². The number of hydrogen-bond donors (Lipinski definition) is 1. The van der Waals surface area contributed by atoms with Crippen LogP contribution in [-0.2, 0) is 12.7 Å². The van der Waals surface area contributed by atoms with Crippen molar-refractivity contribution in [2.75, 3.05) is 13.1 Å². The molecule has 2 heterocycles. The number of benzene rings is 2. The van der Waals surface area contributed by atoms with Crippen molar-refractivity contribution in [3.05, 3.63) is 88.2 Å². The Kier molecular flexibility index (Phi) is 7.07. The highest BCUT2D eigenvalue weighted by atomic mass is 19.4. The number of aromatic nitrogens is 2. The van der Waals surface area contributed by atoms with Crippen LogP contribution in [0.25, 0.3) is 11.9 Å². The number of halogens is 4. The maximum Gasteiger partial charge on any atom is 0.416 e. The minimum Gasteiger partial charge on any atom is -0.393 e. The molecule has 1 N–H and O–H groups in total. The SMILES string of the molecule is Cc1cc(/C(F)=C/c2ccc(C(F)(F)F)cc2)nn1Cc1cccc(C(=O)N2CCC(O)CC2)c1. The average Bonchev–Trinajstić information content (AvgIpc) is 3.19. The van der Waals surface area contributed by atoms with Gasteiger partial charge in [0.25, 0.3) is 5.91 Å². The van der Waals surface area contributed by atoms with E-state index in [1.54, 1.807) is 40.8 Å². The van der Waals surface area contributed by atoms with E-state index in [2.05, 4.69) is 5.10 Å². The molecule has 0 aliphatic carbocycles. The highest BCUT2D eigenvalue weighted by Crippen LogP contribution is 2.30. The van der Waals surface area contributed by atoms with Gasteiger partial charge in [-0.2, -0.15) is 18.3 Å². The van der Waals surface area contributed by atoms with Gasteiger partial charge in [0.05, 0.1) is 18.2 Å². The Balaban J connectivity index is 1.47. The Morgan fingerprint density at radius 2 is 1.80 bits per heavy atom. The predicted octanol–water partition coefficient (Wildman–Crippen LogP) is 5.32. The number of aliphatic hydroxyl groups excluding tert-OH is 1. The summed E-state index contributed by atoms with van der Waals surface area (Å²) in [6.45, 7) is 3.11. The first kappa shape index (κ1) is 24.7. The van der Waals surface area contributed by atoms with E-state index in [0.29, 0.717) is 49.3 Å². The van der Waals surface area contributed by atoms with Crippen LogP contribution in [0.3, 0.4) is 0 Å². The largest absolute Gasteiger partial charge is 0.416 e. The molecule has 0 radical (unpaired) electrons. The Hall–Kier alpha value is -3.46. The quantitative estimate of drug-likeness (QED) is 0.496. The molecule has 9 heteroatoms. The number of rotatable bonds is 5. The Bertz CT molecular complexity index is 1220. The van der Waals surface area contributed by atoms with Crippen molar-refractivity contribution in [1.82, 2.24) is 14.7 Å². The standard InChI is InChI=1S/C26H25F4N3O2/c1-17-13-24(23(27)15-18-5-7-21(8-6-18)26(28,29)30)31-33(17)16-19-3-2-4-20(14-19)25(35)32-11-9-22(34)10-12-32/h2-8,13-15,22,34H,9-12,16H2,1H3/b23-15-. The third-order valence-electron chi connectivity index (χ3n) is 6.02. The molecule has 0 unspecified atom stereocenters. The van der Waals surface area contributed by atoms with Gasteiger partial charge in [-0.3, -0.25) is 9.48 Å². The molecule has 5 nitrogen and oxygen atoms in total. The summed E-state index contributed by atoms with van der Waals surface area (Å²) in [5.41, 5.74) is 1.61. The van der Waals surface area contributed by atoms with Crippen LogP contribution in [0.2, 0.25) is 0 Å². The molecule has 0 bridgehead atoms. The number of carbonyl (C=O) groups is 1. The fourth-order valence-corrected chi connectivity index (χ4v) is 4.00. The molecule has 4 rings (SSSR count). The first-order chi connectivity index (χ1) is 16.6. The van der Waals surface area contributed by atoms with E-state index in [9.17, 15) is 27.5 Å². The van der Waals surface area contributed by atoms with Gasteiger partial charge in [0.15, 0.2) is 5.83 Å². The van der Waals surface area contributed by atoms with E-state index in [-0.39, 0.29) is 17.7 Å². The molecule has 35 heavy (non-hydrogen) atoms. The molecule has 0 saturated carbocycles. The van der Waals surface area contributed by atoms with E-state index in [0.717, 1.165) is 23.8 Å². The van der Waals surface area contributed by atoms with Crippen molar-refractivity contribution >= 4 is 17.8 Å². The zero-order valence-electron chi connectivity index (χ0n) is 19.1. The molecule has 0 spiro atoms. The molecular weight excluding hydrogens is 462 g/mol. The number of aliphatic hydroxyl groups is 1. The number of alkyl halides is 3. The van der Waals surface area contributed by atoms with E-state index in [1.165, 1.54) is 12.1 Å². The van der Waals surface area contributed by atoms with Gasteiger partial charge < -0.3 is 10.0 Å². The molecule has 2 aromatic carbocycles. The number of piperidine rings is 1. The Morgan fingerprint density at radius 3 is 2.46 bits per heavy atom. The lowest BCUT2D eigenvalue weighted by molar-refractivity contribution is -0.137. The van der Waals surface area contributed by atoms with Crippen LogP contribution in [0.4, 0.5) is 17.6 Å². The van der Waals surface area contributed by atoms with Crippen molar-refractivity contribution in [2.45, 2.75) is 38.6 Å². The summed E-state index contributed by atoms with van der Waals surface area (Å²) < 4.78 is 54.5. The van der Waals surface area contributed by atoms with Crippen LogP contribution in [0, 0.1) is 6.92 Å². The van der Waals surface area contributed by atoms with E-state index in [1.807, 2.05) is 6.07 Å². The molecule has 3 aromatic rings. The molecule has 184 valence electrons. The predicted molar refractivity (Wildman–Crippen MR) is 124 cm³/mol. The maximum absolute atomic E-state index is 14.8. The number of hydrogen-bond acceptors (Lipinski definition) is 3. The van der Waals surface area contributed by atoms with Crippen molar-refractivity contribution in [2.24, 2.45) is 0 Å². The highest BCUT2D eigenvalue weighted by Gasteiger charge is 2.30. The summed E-state index contributed by atoms with van der Waals surface area (Å²) in [7, 11) is 0. The second-order valence-electron chi connectivity index (χ2n) is 8.66. The minimum absolute atomic E-state index is 0.0708. The van der Waals surface area contributed by atoms with Gasteiger partial charge in [-0.1, -0.05) is 24.3 Å². The summed E-state index contributed by atoms with van der Waals surface area (Å²) >= 11 is 0. The van der Waals surface area contributed by atoms with Gasteiger partial charge >= 0.3 is 6.18 Å². The monoisotopic (exact) mass is 487 g/mol. The van der Waals surface area contributed by atoms with Crippen LogP contribution in [0.1, 0.15) is 51.3 Å². The number of aryl methyl sites for hydroxylation is 1. The van der Waals surface area contributed by atoms with E-state index < -0.39 is 17.6 Å². The lowest BCUT2D eigenvalue weighted by Gasteiger charge is -2.29. The number of likely N-dealkylation sites (tertiary alicyclic amines) is 1. The zero-order valence-corrected chi connectivity index (χ0v) is 19.1. The third-order valence-corrected chi connectivity index (χ3v) is 6.02. The van der Waals surface area contributed by atoms with Crippen molar-refractivity contribution in [3.63, 3.8) is 0 Å². The van der Waals surface area contributed by atoms with Crippen LogP contribution < -0.4 is 0 Å². The molecule has 1 aromatic heterocycles. The molecule has 1 amide bonds. The van der Waals surface area contributed by atoms with Gasteiger partial charge in [-0.15, -0.1) is 0 Å². The lowest BCUT2D eigenvalue weighted by atomic mass is 10.1. The molecule has 1 saturated heterocycles. The van der Waals surface area contributed by atoms with Gasteiger partial charge in [0.2, 0.25) is 0 Å². The molecule has 1 aliphatic heterocycles. The highest BCUT2D eigenvalue weighted by molar-refractivity contribution is 5.94. The summed E-state index contributed by atoms with van der Waals surface area (Å²) in [6, 6.07) is 12.9. The van der Waals surface area contributed by atoms with Crippen molar-refractivity contribution in [3.8, 4) is 0 Å². The molecule has 1 aliphatic rings. The summed E-state index contributed by atoms with van der Waals surface area (Å²) in [5.74, 6) is -0.759. The third kappa shape index (κ3) is 5.97. The summed E-state index contributed by atoms with van der Waals surface area (Å²) in [5, 5.41) is 14.0. The van der Waals surface area contributed by atoms with Crippen LogP contribution in [0.5, 0.6) is 0 Å². The zero-order chi connectivity index (χ0) is 25.2. The maximum atomic E-state index is 14.8. The number of nitrogens with zero attached hydrogens (tertiary/aromatic N) is 3. The van der Waals surface area contributed by atoms with Gasteiger partial charge in [0.1, 0.15) is 5.69 Å². The van der Waals surface area contributed by atoms with Gasteiger partial charge in [0, 0.05) is 24.3 Å². The summed E-state index contributed by atoms with van der Waals surface area (Å²) in [4.78, 5) is 14.6.